The Morgan fingerprint density at radius 3 is 1.75 bits per heavy atom. The summed E-state index contributed by atoms with van der Waals surface area (Å²) in [7, 11) is 1.13. The summed E-state index contributed by atoms with van der Waals surface area (Å²) in [6, 6.07) is 6.35. The standard InChI is InChI=1S/C19H21N2O6.Na/c1-4-26-18(23)15-12-8-6-11(10-14(22)21(3)25)7-9-13(12)16(17(15)20)19(24)27-5-2;/h6-9H,4-5,10,20H2,1-3H3;/q-1;+1. The SMILES string of the molecule is CCOC(=O)c1c2ccc(CC(=O)N(C)[O-])ccc-2c(C(=O)OCC)c1N.[Na+]. The minimum atomic E-state index is -0.654. The number of likely N-dealkylation sites (N-methyl/N-ethyl adjacent to an activating group) is 1. The van der Waals surface area contributed by atoms with E-state index in [0.29, 0.717) is 16.7 Å². The molecule has 1 amide bonds. The molecule has 0 fully saturated rings. The van der Waals surface area contributed by atoms with Gasteiger partial charge in [0.2, 0.25) is 5.91 Å². The zero-order valence-corrected chi connectivity index (χ0v) is 18.4. The number of amides is 1. The van der Waals surface area contributed by atoms with Crippen molar-refractivity contribution in [3.05, 3.63) is 46.2 Å². The van der Waals surface area contributed by atoms with Crippen LogP contribution in [0.25, 0.3) is 11.1 Å². The monoisotopic (exact) mass is 396 g/mol. The van der Waals surface area contributed by atoms with Crippen molar-refractivity contribution in [2.45, 2.75) is 20.3 Å². The van der Waals surface area contributed by atoms with Gasteiger partial charge >= 0.3 is 41.5 Å². The normalized spacial score (nSPS) is 10.1. The molecule has 0 radical (unpaired) electrons. The molecule has 0 heterocycles. The zero-order chi connectivity index (χ0) is 20.1. The molecule has 0 saturated carbocycles. The summed E-state index contributed by atoms with van der Waals surface area (Å²) in [4.78, 5) is 36.4. The summed E-state index contributed by atoms with van der Waals surface area (Å²) in [6.07, 6.45) is -0.115. The third-order valence-corrected chi connectivity index (χ3v) is 3.96. The molecule has 2 aliphatic carbocycles. The van der Waals surface area contributed by atoms with Gasteiger partial charge in [0.1, 0.15) is 0 Å². The van der Waals surface area contributed by atoms with Gasteiger partial charge in [-0.3, -0.25) is 4.79 Å². The summed E-state index contributed by atoms with van der Waals surface area (Å²) in [6.45, 7) is 3.62. The molecule has 0 saturated heterocycles. The third kappa shape index (κ3) is 5.02. The Kier molecular flexibility index (Phi) is 8.90. The van der Waals surface area contributed by atoms with Crippen LogP contribution in [0.5, 0.6) is 0 Å². The fourth-order valence-corrected chi connectivity index (χ4v) is 2.72. The van der Waals surface area contributed by atoms with Crippen molar-refractivity contribution in [2.24, 2.45) is 0 Å². The molecule has 0 aromatic heterocycles. The second-order valence-electron chi connectivity index (χ2n) is 5.74. The number of hydrogen-bond donors (Lipinski definition) is 1. The average molecular weight is 396 g/mol. The van der Waals surface area contributed by atoms with E-state index in [9.17, 15) is 19.6 Å². The van der Waals surface area contributed by atoms with Gasteiger partial charge in [-0.25, -0.2) is 9.59 Å². The number of rotatable bonds is 6. The number of esters is 2. The van der Waals surface area contributed by atoms with Gasteiger partial charge in [0.05, 0.1) is 36.4 Å². The number of nitrogens with two attached hydrogens (primary N) is 1. The summed E-state index contributed by atoms with van der Waals surface area (Å²) in [5, 5.41) is 11.4. The fraction of sp³-hybridized carbons (Fsp3) is 0.316. The molecule has 0 aromatic rings. The molecule has 0 aliphatic heterocycles. The Morgan fingerprint density at radius 1 is 0.964 bits per heavy atom. The van der Waals surface area contributed by atoms with Crippen LogP contribution < -0.4 is 35.3 Å². The van der Waals surface area contributed by atoms with E-state index in [1.54, 1.807) is 38.1 Å². The van der Waals surface area contributed by atoms with Crippen LogP contribution in [0.2, 0.25) is 0 Å². The molecular formula is C19H21N2NaO6. The van der Waals surface area contributed by atoms with Crippen LogP contribution in [0, 0.1) is 5.21 Å². The van der Waals surface area contributed by atoms with Crippen molar-refractivity contribution >= 4 is 23.5 Å². The van der Waals surface area contributed by atoms with E-state index in [1.165, 1.54) is 0 Å². The van der Waals surface area contributed by atoms with Gasteiger partial charge in [-0.05, 0) is 37.6 Å². The minimum absolute atomic E-state index is 0. The molecule has 0 aromatic carbocycles. The first-order valence-electron chi connectivity index (χ1n) is 8.43. The zero-order valence-electron chi connectivity index (χ0n) is 16.4. The quantitative estimate of drug-likeness (QED) is 0.386. The van der Waals surface area contributed by atoms with Gasteiger partial charge in [0, 0.05) is 0 Å². The van der Waals surface area contributed by atoms with Gasteiger partial charge in [-0.1, -0.05) is 24.3 Å². The number of hydrogen-bond acceptors (Lipinski definition) is 7. The van der Waals surface area contributed by atoms with Crippen LogP contribution in [-0.4, -0.2) is 43.2 Å². The summed E-state index contributed by atoms with van der Waals surface area (Å²) in [5.74, 6) is -1.92. The number of carbonyl (C=O) groups excluding carboxylic acids is 3. The van der Waals surface area contributed by atoms with Crippen molar-refractivity contribution < 1.29 is 53.4 Å². The molecule has 8 nitrogen and oxygen atoms in total. The topological polar surface area (TPSA) is 122 Å². The molecule has 2 rings (SSSR count). The number of anilines is 1. The van der Waals surface area contributed by atoms with Crippen molar-refractivity contribution in [3.8, 4) is 11.1 Å². The maximum atomic E-state index is 12.4. The molecule has 0 bridgehead atoms. The largest absolute Gasteiger partial charge is 1.00 e. The summed E-state index contributed by atoms with van der Waals surface area (Å²) >= 11 is 0. The van der Waals surface area contributed by atoms with Crippen LogP contribution in [0.1, 0.15) is 40.1 Å². The molecule has 28 heavy (non-hydrogen) atoms. The second-order valence-corrected chi connectivity index (χ2v) is 5.74. The minimum Gasteiger partial charge on any atom is -0.756 e. The maximum absolute atomic E-state index is 12.4. The van der Waals surface area contributed by atoms with E-state index in [-0.39, 0.29) is 71.1 Å². The predicted octanol–water partition coefficient (Wildman–Crippen LogP) is -0.770. The van der Waals surface area contributed by atoms with E-state index in [0.717, 1.165) is 7.05 Å². The van der Waals surface area contributed by atoms with Crippen LogP contribution in [-0.2, 0) is 20.7 Å². The Hall–Kier alpha value is -2.13. The number of nitrogen functional groups attached to an aromatic ring is 1. The summed E-state index contributed by atoms with van der Waals surface area (Å²) in [5.41, 5.74) is 7.57. The Balaban J connectivity index is 0.00000392. The number of fused-ring (bicyclic) bond motifs is 1. The first-order chi connectivity index (χ1) is 12.8. The van der Waals surface area contributed by atoms with Gasteiger partial charge in [0.15, 0.2) is 0 Å². The van der Waals surface area contributed by atoms with Crippen molar-refractivity contribution in [1.29, 1.82) is 0 Å². The Bertz CT molecular complexity index is 797. The van der Waals surface area contributed by atoms with E-state index in [2.05, 4.69) is 0 Å². The molecule has 0 atom stereocenters. The molecule has 144 valence electrons. The summed E-state index contributed by atoms with van der Waals surface area (Å²) < 4.78 is 10.1. The maximum Gasteiger partial charge on any atom is 1.00 e. The fourth-order valence-electron chi connectivity index (χ4n) is 2.72. The molecule has 0 unspecified atom stereocenters. The van der Waals surface area contributed by atoms with Crippen LogP contribution in [0.3, 0.4) is 0 Å². The van der Waals surface area contributed by atoms with Crippen molar-refractivity contribution in [3.63, 3.8) is 0 Å². The Labute approximate surface area is 185 Å². The molecule has 0 spiro atoms. The van der Waals surface area contributed by atoms with Gasteiger partial charge < -0.3 is 25.5 Å². The van der Waals surface area contributed by atoms with E-state index in [4.69, 9.17) is 15.2 Å². The molecule has 2 aliphatic rings. The van der Waals surface area contributed by atoms with Gasteiger partial charge in [-0.2, -0.15) is 0 Å². The van der Waals surface area contributed by atoms with Crippen molar-refractivity contribution in [2.75, 3.05) is 26.0 Å². The second kappa shape index (κ2) is 10.4. The number of nitrogens with zero attached hydrogens (tertiary/aromatic N) is 1. The molecule has 2 N–H and O–H groups in total. The van der Waals surface area contributed by atoms with E-state index in [1.807, 2.05) is 0 Å². The van der Waals surface area contributed by atoms with Gasteiger partial charge in [-0.15, -0.1) is 0 Å². The third-order valence-electron chi connectivity index (χ3n) is 3.96. The van der Waals surface area contributed by atoms with Crippen LogP contribution in [0.15, 0.2) is 24.3 Å². The van der Waals surface area contributed by atoms with E-state index >= 15 is 0 Å². The van der Waals surface area contributed by atoms with Gasteiger partial charge in [0.25, 0.3) is 0 Å². The number of carbonyl (C=O) groups is 3. The Morgan fingerprint density at radius 2 is 1.39 bits per heavy atom. The first-order valence-corrected chi connectivity index (χ1v) is 8.43. The predicted molar refractivity (Wildman–Crippen MR) is 99.2 cm³/mol. The first kappa shape index (κ1) is 23.9. The number of ether oxygens (including phenoxy) is 2. The smallest absolute Gasteiger partial charge is 0.756 e. The van der Waals surface area contributed by atoms with E-state index < -0.39 is 17.8 Å². The average Bonchev–Trinajstić information content (AvgIpc) is 2.74. The molecule has 9 heteroatoms. The van der Waals surface area contributed by atoms with Crippen LogP contribution >= 0.6 is 0 Å². The van der Waals surface area contributed by atoms with Crippen molar-refractivity contribution in [1.82, 2.24) is 5.06 Å². The number of hydroxylamine groups is 2. The van der Waals surface area contributed by atoms with Crippen LogP contribution in [0.4, 0.5) is 5.69 Å². The molecular weight excluding hydrogens is 375 g/mol.